The van der Waals surface area contributed by atoms with E-state index in [2.05, 4.69) is 13.8 Å². The number of ether oxygens (including phenoxy) is 5. The number of anilines is 1. The number of hydrogen-bond acceptors (Lipinski definition) is 15. The summed E-state index contributed by atoms with van der Waals surface area (Å²) in [6.07, 6.45) is 5.60. The summed E-state index contributed by atoms with van der Waals surface area (Å²) in [5, 5.41) is 36.6. The maximum atomic E-state index is 14.7. The van der Waals surface area contributed by atoms with E-state index in [4.69, 9.17) is 51.7 Å². The maximum Gasteiger partial charge on any atom is 0.329 e. The Morgan fingerprint density at radius 1 is 0.960 bits per heavy atom. The fourth-order valence-electron chi connectivity index (χ4n) is 12.7. The molecule has 75 heavy (non-hydrogen) atoms. The SMILES string of the molecule is CCC[C@H](C)C1CCC(/C=C(\C)[C@H](C[C@@H]2CCC(C)C(O)(C(=O)C(=O)N3CCCC4C3C(=O)O[C@@H](CC(=O)[C@H](C)/C=C(\C)C(O)[C@@H](OC)C(C)=O)[C@H]4C[C@@H]3CCC(O)[C@H](OC)C3)O2)OC)ON1c1c(Cl)cccc1Cl. The molecule has 16 nitrogen and oxygen atoms in total. The number of ketones is 3. The summed E-state index contributed by atoms with van der Waals surface area (Å²) >= 11 is 13.5. The normalized spacial score (nSPS) is 32.9. The highest BCUT2D eigenvalue weighted by atomic mass is 35.5. The Labute approximate surface area is 454 Å². The van der Waals surface area contributed by atoms with E-state index in [1.54, 1.807) is 59.3 Å². The number of piperidine rings is 1. The van der Waals surface area contributed by atoms with Crippen LogP contribution < -0.4 is 5.06 Å². The third kappa shape index (κ3) is 14.1. The van der Waals surface area contributed by atoms with Crippen molar-refractivity contribution < 1.29 is 67.8 Å². The molecule has 0 bridgehead atoms. The highest BCUT2D eigenvalue weighted by Crippen LogP contribution is 2.46. The first-order valence-electron chi connectivity index (χ1n) is 27.3. The van der Waals surface area contributed by atoms with Crippen LogP contribution in [-0.2, 0) is 52.5 Å². The van der Waals surface area contributed by atoms with Crippen LogP contribution in [0.4, 0.5) is 5.69 Å². The van der Waals surface area contributed by atoms with Gasteiger partial charge >= 0.3 is 5.97 Å². The molecule has 17 atom stereocenters. The Hall–Kier alpha value is -3.29. The van der Waals surface area contributed by atoms with Crippen molar-refractivity contribution in [3.63, 3.8) is 0 Å². The smallest absolute Gasteiger partial charge is 0.329 e. The number of esters is 1. The van der Waals surface area contributed by atoms with Crippen LogP contribution in [0.1, 0.15) is 138 Å². The number of rotatable bonds is 22. The predicted molar refractivity (Wildman–Crippen MR) is 284 cm³/mol. The molecule has 4 heterocycles. The van der Waals surface area contributed by atoms with Gasteiger partial charge in [-0.25, -0.2) is 9.86 Å². The monoisotopic (exact) mass is 1090 g/mol. The lowest BCUT2D eigenvalue weighted by atomic mass is 9.68. The number of para-hydroxylation sites is 1. The molecule has 4 saturated heterocycles. The van der Waals surface area contributed by atoms with Gasteiger partial charge in [-0.15, -0.1) is 0 Å². The maximum absolute atomic E-state index is 14.7. The van der Waals surface area contributed by atoms with Gasteiger partial charge in [-0.2, -0.15) is 0 Å². The second-order valence-electron chi connectivity index (χ2n) is 22.3. The first-order chi connectivity index (χ1) is 35.6. The molecule has 4 aliphatic heterocycles. The van der Waals surface area contributed by atoms with Crippen molar-refractivity contribution in [2.75, 3.05) is 32.9 Å². The molecule has 5 fully saturated rings. The number of likely N-dealkylation sites (tertiary alicyclic amines) is 1. The third-order valence-electron chi connectivity index (χ3n) is 17.1. The number of halogens is 2. The zero-order valence-electron chi connectivity index (χ0n) is 45.7. The molecular weight excluding hydrogens is 1010 g/mol. The predicted octanol–water partition coefficient (Wildman–Crippen LogP) is 8.34. The van der Waals surface area contributed by atoms with Crippen molar-refractivity contribution in [1.82, 2.24) is 4.90 Å². The van der Waals surface area contributed by atoms with E-state index in [1.165, 1.54) is 18.9 Å². The number of amides is 1. The lowest BCUT2D eigenvalue weighted by molar-refractivity contribution is -0.266. The Bertz CT molecular complexity index is 2210. The number of nitrogens with zero attached hydrogens (tertiary/aromatic N) is 2. The van der Waals surface area contributed by atoms with Gasteiger partial charge in [-0.3, -0.25) is 24.0 Å². The topological polar surface area (TPSA) is 208 Å². The van der Waals surface area contributed by atoms with Gasteiger partial charge in [0.05, 0.1) is 40.5 Å². The number of fused-ring (bicyclic) bond motifs is 1. The quantitative estimate of drug-likeness (QED) is 0.0567. The van der Waals surface area contributed by atoms with Crippen LogP contribution in [0.25, 0.3) is 0 Å². The number of benzene rings is 1. The molecule has 1 saturated carbocycles. The number of aliphatic hydroxyl groups is 3. The second-order valence-corrected chi connectivity index (χ2v) is 23.1. The molecule has 5 aliphatic rings. The van der Waals surface area contributed by atoms with E-state index in [-0.39, 0.29) is 49.0 Å². The van der Waals surface area contributed by atoms with Gasteiger partial charge in [0.15, 0.2) is 5.78 Å². The number of hydrogen-bond donors (Lipinski definition) is 3. The molecule has 0 aromatic heterocycles. The van der Waals surface area contributed by atoms with Crippen LogP contribution in [0.3, 0.4) is 0 Å². The average molecular weight is 1090 g/mol. The molecule has 0 radical (unpaired) electrons. The lowest BCUT2D eigenvalue weighted by Gasteiger charge is -2.50. The summed E-state index contributed by atoms with van der Waals surface area (Å²) in [5.74, 6) is -8.10. The van der Waals surface area contributed by atoms with E-state index in [1.807, 2.05) is 18.1 Å². The van der Waals surface area contributed by atoms with E-state index in [0.717, 1.165) is 31.3 Å². The Morgan fingerprint density at radius 2 is 1.67 bits per heavy atom. The van der Waals surface area contributed by atoms with E-state index in [9.17, 15) is 39.3 Å². The van der Waals surface area contributed by atoms with Crippen molar-refractivity contribution in [1.29, 1.82) is 0 Å². The zero-order chi connectivity index (χ0) is 55.1. The summed E-state index contributed by atoms with van der Waals surface area (Å²) in [6.45, 7) is 12.7. The van der Waals surface area contributed by atoms with Gasteiger partial charge < -0.3 is 43.9 Å². The van der Waals surface area contributed by atoms with E-state index < -0.39 is 95.9 Å². The number of methoxy groups -OCH3 is 3. The second kappa shape index (κ2) is 27.0. The number of allylic oxidation sites excluding steroid dienone is 1. The van der Waals surface area contributed by atoms with E-state index in [0.29, 0.717) is 78.6 Å². The third-order valence-corrected chi connectivity index (χ3v) is 17.7. The van der Waals surface area contributed by atoms with Gasteiger partial charge in [-0.05, 0) is 132 Å². The summed E-state index contributed by atoms with van der Waals surface area (Å²) in [5.41, 5.74) is 1.87. The number of Topliss-reactive ketones (excluding diaryl/α,β-unsaturated/α-hetero) is 3. The van der Waals surface area contributed by atoms with Crippen LogP contribution in [0, 0.1) is 35.5 Å². The van der Waals surface area contributed by atoms with Crippen molar-refractivity contribution in [2.24, 2.45) is 35.5 Å². The van der Waals surface area contributed by atoms with Crippen molar-refractivity contribution >= 4 is 58.1 Å². The van der Waals surface area contributed by atoms with Gasteiger partial charge in [-0.1, -0.05) is 75.5 Å². The molecule has 1 amide bonds. The fraction of sp³-hybridized carbons (Fsp3) is 0.737. The summed E-state index contributed by atoms with van der Waals surface area (Å²) < 4.78 is 29.4. The largest absolute Gasteiger partial charge is 0.460 e. The molecule has 420 valence electrons. The first-order valence-corrected chi connectivity index (χ1v) is 28.0. The number of cyclic esters (lactones) is 1. The van der Waals surface area contributed by atoms with Gasteiger partial charge in [0.1, 0.15) is 41.9 Å². The molecule has 1 aliphatic carbocycles. The minimum atomic E-state index is -2.50. The van der Waals surface area contributed by atoms with Crippen LogP contribution >= 0.6 is 23.2 Å². The van der Waals surface area contributed by atoms with Crippen molar-refractivity contribution in [3.05, 3.63) is 51.5 Å². The van der Waals surface area contributed by atoms with Gasteiger partial charge in [0.25, 0.3) is 11.7 Å². The van der Waals surface area contributed by atoms with Crippen molar-refractivity contribution in [3.8, 4) is 0 Å². The average Bonchev–Trinajstić information content (AvgIpc) is 3.37. The number of aliphatic hydroxyl groups excluding tert-OH is 2. The van der Waals surface area contributed by atoms with E-state index >= 15 is 0 Å². The van der Waals surface area contributed by atoms with Crippen LogP contribution in [0.5, 0.6) is 0 Å². The molecular formula is C57H84Cl2N2O14. The van der Waals surface area contributed by atoms with Gasteiger partial charge in [0, 0.05) is 58.5 Å². The molecule has 1 aromatic rings. The molecule has 1 aromatic carbocycles. The number of carbonyl (C=O) groups is 5. The Kier molecular flexibility index (Phi) is 22.0. The van der Waals surface area contributed by atoms with Crippen LogP contribution in [-0.4, -0.2) is 144 Å². The van der Waals surface area contributed by atoms with Crippen LogP contribution in [0.15, 0.2) is 41.5 Å². The van der Waals surface area contributed by atoms with Crippen molar-refractivity contribution in [2.45, 2.75) is 205 Å². The molecule has 0 spiro atoms. The highest BCUT2D eigenvalue weighted by Gasteiger charge is 2.57. The summed E-state index contributed by atoms with van der Waals surface area (Å²) in [7, 11) is 4.47. The number of hydroxylamine groups is 1. The Morgan fingerprint density at radius 3 is 2.31 bits per heavy atom. The Balaban J connectivity index is 1.18. The fourth-order valence-corrected chi connectivity index (χ4v) is 13.3. The molecule has 6 rings (SSSR count). The zero-order valence-corrected chi connectivity index (χ0v) is 47.2. The van der Waals surface area contributed by atoms with Gasteiger partial charge in [0.2, 0.25) is 5.79 Å². The highest BCUT2D eigenvalue weighted by molar-refractivity contribution is 6.39. The van der Waals surface area contributed by atoms with Crippen LogP contribution in [0.2, 0.25) is 10.0 Å². The lowest BCUT2D eigenvalue weighted by Crippen LogP contribution is -2.65. The number of carbonyl (C=O) groups excluding carboxylic acids is 5. The minimum absolute atomic E-state index is 0.0333. The first kappa shape index (κ1) is 60.9. The standard InChI is InChI=1S/C57H84Cl2N2O14/c1-11-14-31(2)44-22-21-39(75-61(44)51-42(58)16-12-17-43(51)59)26-33(4)47(70-8)29-38-20-18-35(6)57(69,74-38)54(66)55(67)60-24-13-15-40-41(27-37-19-23-45(63)49(28-37)71-9)48(73-56(68)50(40)60)30-46(64)32(3)25-34(5)52(65)53(72-10)36(7)62/h12,16-17,25-26,31-32,35,37-41,44-45,47-50,52-53,63,65,69H,11,13-15,18-24,27-30H2,1-10H3/b33-26+,34-25+/t31-,32+,35?,37-,38-,39?,40?,41-,44?,45?,47-,48-,49+,50?,52?,53-,57?/m0/s1. The minimum Gasteiger partial charge on any atom is -0.460 e. The summed E-state index contributed by atoms with van der Waals surface area (Å²) in [4.78, 5) is 77.7. The molecule has 18 heteroatoms. The summed E-state index contributed by atoms with van der Waals surface area (Å²) in [6, 6.07) is 4.30. The molecule has 8 unspecified atom stereocenters. The molecule has 3 N–H and O–H groups in total.